The van der Waals surface area contributed by atoms with Gasteiger partial charge in [-0.25, -0.2) is 4.39 Å². The minimum Gasteiger partial charge on any atom is -0.733 e. The Morgan fingerprint density at radius 2 is 2.14 bits per heavy atom. The molecule has 2 N–H and O–H groups in total. The number of carbonyl (C=O) groups is 1. The lowest BCUT2D eigenvalue weighted by Gasteiger charge is -2.30. The van der Waals surface area contributed by atoms with Crippen LogP contribution in [-0.4, -0.2) is 23.8 Å². The van der Waals surface area contributed by atoms with Crippen molar-refractivity contribution >= 4 is 11.6 Å². The molecular weight excluding hydrogens is 291 g/mol. The van der Waals surface area contributed by atoms with Gasteiger partial charge in [0.15, 0.2) is 0 Å². The molecule has 0 aliphatic heterocycles. The first kappa shape index (κ1) is 16.5. The van der Waals surface area contributed by atoms with Gasteiger partial charge in [0.1, 0.15) is 11.6 Å². The topological polar surface area (TPSA) is 84.9 Å². The van der Waals surface area contributed by atoms with Gasteiger partial charge in [-0.1, -0.05) is 0 Å². The lowest BCUT2D eigenvalue weighted by atomic mass is 9.86. The average molecular weight is 311 g/mol. The number of hydrogen-bond acceptors (Lipinski definition) is 5. The van der Waals surface area contributed by atoms with Gasteiger partial charge in [0, 0.05) is 19.0 Å². The molecule has 0 heterocycles. The number of carbonyl (C=O) groups excluding carboxylic acids is 1. The summed E-state index contributed by atoms with van der Waals surface area (Å²) >= 11 is 0. The van der Waals surface area contributed by atoms with E-state index >= 15 is 0 Å². The van der Waals surface area contributed by atoms with Crippen molar-refractivity contribution in [1.29, 1.82) is 0 Å². The number of halogens is 1. The average Bonchev–Trinajstić information content (AvgIpc) is 2.45. The predicted molar refractivity (Wildman–Crippen MR) is 79.1 cm³/mol. The summed E-state index contributed by atoms with van der Waals surface area (Å²) in [5, 5.41) is 22.6. The molecule has 122 valence electrons. The number of anilines is 1. The van der Waals surface area contributed by atoms with E-state index in [1.165, 1.54) is 13.0 Å². The smallest absolute Gasteiger partial charge is 0.217 e. The van der Waals surface area contributed by atoms with E-state index in [1.807, 2.05) is 0 Å². The highest BCUT2D eigenvalue weighted by molar-refractivity contribution is 5.73. The van der Waals surface area contributed by atoms with Crippen LogP contribution in [0.4, 0.5) is 10.1 Å². The van der Waals surface area contributed by atoms with Crippen molar-refractivity contribution in [3.63, 3.8) is 0 Å². The molecule has 2 rings (SSSR count). The Kier molecular flexibility index (Phi) is 5.57. The number of benzene rings is 1. The van der Waals surface area contributed by atoms with E-state index in [-0.39, 0.29) is 34.5 Å². The van der Waals surface area contributed by atoms with Gasteiger partial charge in [0.05, 0.1) is 12.3 Å². The van der Waals surface area contributed by atoms with Gasteiger partial charge in [-0.05, 0) is 43.7 Å². The molecule has 1 amide bonds. The maximum atomic E-state index is 13.2. The maximum absolute atomic E-state index is 13.2. The number of amides is 1. The SMILES string of the molecule is CC(=O)NC1CCC(COc2cc(F)ccc2N([O-])O)CC1. The molecule has 1 aliphatic rings. The first-order valence-electron chi connectivity index (χ1n) is 7.31. The van der Waals surface area contributed by atoms with E-state index in [9.17, 15) is 14.4 Å². The highest BCUT2D eigenvalue weighted by atomic mass is 19.1. The fourth-order valence-corrected chi connectivity index (χ4v) is 2.73. The third-order valence-electron chi connectivity index (χ3n) is 3.86. The molecular formula is C15H20FN2O4-. The van der Waals surface area contributed by atoms with E-state index in [2.05, 4.69) is 5.32 Å². The molecule has 1 aromatic carbocycles. The standard InChI is InChI=1S/C15H20FN2O4/c1-10(19)17-13-5-2-11(3-6-13)9-22-15-8-12(16)4-7-14(15)18(20)21/h4,7-8,11,13,20H,2-3,5-6,9H2,1H3,(H,17,19)/q-1. The zero-order chi connectivity index (χ0) is 16.1. The summed E-state index contributed by atoms with van der Waals surface area (Å²) in [6.45, 7) is 1.85. The molecule has 1 saturated carbocycles. The molecule has 6 nitrogen and oxygen atoms in total. The molecule has 0 spiro atoms. The molecule has 0 bridgehead atoms. The number of rotatable bonds is 5. The van der Waals surface area contributed by atoms with Crippen LogP contribution in [0.25, 0.3) is 0 Å². The third-order valence-corrected chi connectivity index (χ3v) is 3.86. The van der Waals surface area contributed by atoms with Crippen LogP contribution >= 0.6 is 0 Å². The molecule has 0 unspecified atom stereocenters. The van der Waals surface area contributed by atoms with Crippen molar-refractivity contribution in [3.05, 3.63) is 29.2 Å². The summed E-state index contributed by atoms with van der Waals surface area (Å²) in [5.41, 5.74) is -0.117. The van der Waals surface area contributed by atoms with Gasteiger partial charge in [-0.3, -0.25) is 10.0 Å². The number of ether oxygens (including phenoxy) is 1. The molecule has 0 radical (unpaired) electrons. The van der Waals surface area contributed by atoms with Crippen molar-refractivity contribution in [1.82, 2.24) is 5.32 Å². The largest absolute Gasteiger partial charge is 0.733 e. The van der Waals surface area contributed by atoms with Crippen LogP contribution in [0.3, 0.4) is 0 Å². The van der Waals surface area contributed by atoms with Crippen LogP contribution in [0.1, 0.15) is 32.6 Å². The van der Waals surface area contributed by atoms with Crippen LogP contribution in [0.2, 0.25) is 0 Å². The molecule has 0 aromatic heterocycles. The van der Waals surface area contributed by atoms with Crippen molar-refractivity contribution in [3.8, 4) is 5.75 Å². The van der Waals surface area contributed by atoms with Crippen molar-refractivity contribution < 1.29 is 19.1 Å². The second-order valence-corrected chi connectivity index (χ2v) is 5.61. The van der Waals surface area contributed by atoms with Crippen LogP contribution in [0.5, 0.6) is 5.75 Å². The molecule has 1 aromatic rings. The van der Waals surface area contributed by atoms with Crippen molar-refractivity contribution in [2.75, 3.05) is 11.8 Å². The summed E-state index contributed by atoms with van der Waals surface area (Å²) in [7, 11) is 0. The Morgan fingerprint density at radius 3 is 2.73 bits per heavy atom. The second-order valence-electron chi connectivity index (χ2n) is 5.61. The summed E-state index contributed by atoms with van der Waals surface area (Å²) in [4.78, 5) is 11.0. The monoisotopic (exact) mass is 311 g/mol. The Bertz CT molecular complexity index is 516. The first-order chi connectivity index (χ1) is 10.5. The van der Waals surface area contributed by atoms with E-state index in [0.717, 1.165) is 37.8 Å². The lowest BCUT2D eigenvalue weighted by molar-refractivity contribution is -0.119. The van der Waals surface area contributed by atoms with E-state index < -0.39 is 5.82 Å². The Hall–Kier alpha value is -1.86. The number of nitrogens with zero attached hydrogens (tertiary/aromatic N) is 1. The van der Waals surface area contributed by atoms with Crippen molar-refractivity contribution in [2.45, 2.75) is 38.6 Å². The molecule has 0 saturated heterocycles. The van der Waals surface area contributed by atoms with Gasteiger partial charge < -0.3 is 20.5 Å². The van der Waals surface area contributed by atoms with E-state index in [1.54, 1.807) is 0 Å². The van der Waals surface area contributed by atoms with Crippen molar-refractivity contribution in [2.24, 2.45) is 5.92 Å². The Labute approximate surface area is 128 Å². The third kappa shape index (κ3) is 4.57. The minimum absolute atomic E-state index is 0.0254. The van der Waals surface area contributed by atoms with Crippen LogP contribution < -0.4 is 15.3 Å². The van der Waals surface area contributed by atoms with Crippen LogP contribution in [0.15, 0.2) is 18.2 Å². The zero-order valence-electron chi connectivity index (χ0n) is 12.4. The number of nitrogens with one attached hydrogen (secondary N) is 1. The molecule has 22 heavy (non-hydrogen) atoms. The minimum atomic E-state index is -0.532. The molecule has 0 atom stereocenters. The van der Waals surface area contributed by atoms with Crippen LogP contribution in [0, 0.1) is 16.9 Å². The Balaban J connectivity index is 1.87. The number of hydrogen-bond donors (Lipinski definition) is 2. The van der Waals surface area contributed by atoms with Gasteiger partial charge in [-0.2, -0.15) is 0 Å². The fourth-order valence-electron chi connectivity index (χ4n) is 2.73. The van der Waals surface area contributed by atoms with Gasteiger partial charge >= 0.3 is 0 Å². The Morgan fingerprint density at radius 1 is 1.45 bits per heavy atom. The molecule has 1 fully saturated rings. The normalized spacial score (nSPS) is 21.3. The summed E-state index contributed by atoms with van der Waals surface area (Å²) < 4.78 is 18.7. The lowest BCUT2D eigenvalue weighted by Crippen LogP contribution is -2.37. The van der Waals surface area contributed by atoms with Gasteiger partial charge in [0.2, 0.25) is 5.91 Å². The maximum Gasteiger partial charge on any atom is 0.217 e. The first-order valence-corrected chi connectivity index (χ1v) is 7.31. The van der Waals surface area contributed by atoms with Gasteiger partial charge in [0.25, 0.3) is 0 Å². The second kappa shape index (κ2) is 7.42. The quantitative estimate of drug-likeness (QED) is 0.816. The zero-order valence-corrected chi connectivity index (χ0v) is 12.4. The molecule has 1 aliphatic carbocycles. The highest BCUT2D eigenvalue weighted by Gasteiger charge is 2.22. The van der Waals surface area contributed by atoms with E-state index in [4.69, 9.17) is 9.94 Å². The fraction of sp³-hybridized carbons (Fsp3) is 0.533. The molecule has 7 heteroatoms. The predicted octanol–water partition coefficient (Wildman–Crippen LogP) is 2.59. The van der Waals surface area contributed by atoms with E-state index in [0.29, 0.717) is 6.61 Å². The highest BCUT2D eigenvalue weighted by Crippen LogP contribution is 2.30. The van der Waals surface area contributed by atoms with Gasteiger partial charge in [-0.15, -0.1) is 0 Å². The summed E-state index contributed by atoms with van der Waals surface area (Å²) in [5.74, 6) is -0.251. The summed E-state index contributed by atoms with van der Waals surface area (Å²) in [6, 6.07) is 3.54. The van der Waals surface area contributed by atoms with Crippen LogP contribution in [-0.2, 0) is 4.79 Å². The summed E-state index contributed by atoms with van der Waals surface area (Å²) in [6.07, 6.45) is 3.51.